The first kappa shape index (κ1) is 15.6. The Kier molecular flexibility index (Phi) is 3.39. The number of hydrogen-bond acceptors (Lipinski definition) is 5. The Bertz CT molecular complexity index is 911. The van der Waals surface area contributed by atoms with Crippen LogP contribution in [-0.4, -0.2) is 28.7 Å². The summed E-state index contributed by atoms with van der Waals surface area (Å²) in [6, 6.07) is 6.98. The van der Waals surface area contributed by atoms with Crippen molar-refractivity contribution in [2.24, 2.45) is 0 Å². The fourth-order valence-corrected chi connectivity index (χ4v) is 4.05. The number of ether oxygens (including phenoxy) is 1. The van der Waals surface area contributed by atoms with Gasteiger partial charge in [-0.25, -0.2) is 14.4 Å². The average Bonchev–Trinajstić information content (AvgIpc) is 3.44. The van der Waals surface area contributed by atoms with Crippen molar-refractivity contribution in [3.8, 4) is 11.8 Å². The lowest BCUT2D eigenvalue weighted by Gasteiger charge is -2.39. The van der Waals surface area contributed by atoms with Crippen LogP contribution in [0.5, 0.6) is 5.75 Å². The molecule has 0 bridgehead atoms. The SMILES string of the molecule is N#Cc1cnc(C2CC2)nc1N1CCC2(CC1)Cc1cc(F)ccc1O2. The van der Waals surface area contributed by atoms with Crippen LogP contribution in [0.2, 0.25) is 0 Å². The molecule has 1 aliphatic carbocycles. The van der Waals surface area contributed by atoms with Crippen LogP contribution in [0.15, 0.2) is 24.4 Å². The van der Waals surface area contributed by atoms with Gasteiger partial charge in [-0.05, 0) is 31.0 Å². The van der Waals surface area contributed by atoms with Crippen LogP contribution in [0, 0.1) is 17.1 Å². The highest BCUT2D eigenvalue weighted by atomic mass is 19.1. The number of anilines is 1. The Morgan fingerprint density at radius 1 is 1.27 bits per heavy atom. The van der Waals surface area contributed by atoms with Crippen LogP contribution in [0.4, 0.5) is 10.2 Å². The molecule has 3 aliphatic rings. The quantitative estimate of drug-likeness (QED) is 0.831. The van der Waals surface area contributed by atoms with Crippen molar-refractivity contribution in [2.75, 3.05) is 18.0 Å². The summed E-state index contributed by atoms with van der Waals surface area (Å²) in [5.74, 6) is 2.66. The second kappa shape index (κ2) is 5.66. The molecule has 2 fully saturated rings. The third-order valence-corrected chi connectivity index (χ3v) is 5.69. The van der Waals surface area contributed by atoms with Crippen molar-refractivity contribution in [2.45, 2.75) is 43.6 Å². The molecule has 3 heterocycles. The predicted molar refractivity (Wildman–Crippen MR) is 93.6 cm³/mol. The first-order valence-electron chi connectivity index (χ1n) is 9.15. The van der Waals surface area contributed by atoms with Gasteiger partial charge in [0, 0.05) is 43.8 Å². The fraction of sp³-hybridized carbons (Fsp3) is 0.450. The van der Waals surface area contributed by atoms with E-state index in [1.165, 1.54) is 6.07 Å². The van der Waals surface area contributed by atoms with E-state index in [2.05, 4.69) is 16.0 Å². The molecule has 1 saturated carbocycles. The Balaban J connectivity index is 1.35. The van der Waals surface area contributed by atoms with E-state index in [9.17, 15) is 9.65 Å². The minimum absolute atomic E-state index is 0.214. The van der Waals surface area contributed by atoms with Crippen molar-refractivity contribution < 1.29 is 9.13 Å². The number of halogens is 1. The monoisotopic (exact) mass is 350 g/mol. The smallest absolute Gasteiger partial charge is 0.150 e. The molecule has 26 heavy (non-hydrogen) atoms. The maximum Gasteiger partial charge on any atom is 0.150 e. The minimum atomic E-state index is -0.258. The van der Waals surface area contributed by atoms with Crippen LogP contribution >= 0.6 is 0 Å². The number of fused-ring (bicyclic) bond motifs is 1. The van der Waals surface area contributed by atoms with E-state index < -0.39 is 0 Å². The molecule has 2 aliphatic heterocycles. The molecule has 5 rings (SSSR count). The van der Waals surface area contributed by atoms with Gasteiger partial charge < -0.3 is 9.64 Å². The zero-order chi connectivity index (χ0) is 17.7. The molecule has 0 amide bonds. The Hall–Kier alpha value is -2.68. The number of nitrogens with zero attached hydrogens (tertiary/aromatic N) is 4. The Morgan fingerprint density at radius 3 is 2.81 bits per heavy atom. The number of hydrogen-bond donors (Lipinski definition) is 0. The summed E-state index contributed by atoms with van der Waals surface area (Å²) in [6.45, 7) is 1.54. The third-order valence-electron chi connectivity index (χ3n) is 5.69. The number of rotatable bonds is 2. The standard InChI is InChI=1S/C20H19FN4O/c21-16-3-4-17-14(9-16)10-20(26-17)5-7-25(8-6-20)19-15(11-22)12-23-18(24-19)13-1-2-13/h3-4,9,12-13H,1-2,5-8,10H2. The molecule has 1 aromatic heterocycles. The summed E-state index contributed by atoms with van der Waals surface area (Å²) >= 11 is 0. The Labute approximate surface area is 151 Å². The van der Waals surface area contributed by atoms with Crippen molar-refractivity contribution >= 4 is 5.82 Å². The molecule has 0 unspecified atom stereocenters. The molecule has 0 atom stereocenters. The van der Waals surface area contributed by atoms with E-state index in [-0.39, 0.29) is 11.4 Å². The molecule has 1 aromatic carbocycles. The van der Waals surface area contributed by atoms with Gasteiger partial charge in [-0.1, -0.05) is 0 Å². The lowest BCUT2D eigenvalue weighted by molar-refractivity contribution is 0.0666. The summed E-state index contributed by atoms with van der Waals surface area (Å²) in [7, 11) is 0. The molecule has 0 N–H and O–H groups in total. The molecule has 5 nitrogen and oxygen atoms in total. The molecule has 1 saturated heterocycles. The van der Waals surface area contributed by atoms with Gasteiger partial charge in [0.2, 0.25) is 0 Å². The highest BCUT2D eigenvalue weighted by molar-refractivity contribution is 5.54. The minimum Gasteiger partial charge on any atom is -0.487 e. The summed E-state index contributed by atoms with van der Waals surface area (Å²) in [6.07, 6.45) is 6.34. The number of piperidine rings is 1. The van der Waals surface area contributed by atoms with Gasteiger partial charge in [0.1, 0.15) is 40.4 Å². The largest absolute Gasteiger partial charge is 0.487 e. The van der Waals surface area contributed by atoms with Crippen molar-refractivity contribution in [1.29, 1.82) is 5.26 Å². The number of benzene rings is 1. The van der Waals surface area contributed by atoms with Crippen LogP contribution in [0.3, 0.4) is 0 Å². The summed E-state index contributed by atoms with van der Waals surface area (Å²) in [5, 5.41) is 9.43. The van der Waals surface area contributed by atoms with E-state index in [0.29, 0.717) is 11.5 Å². The zero-order valence-corrected chi connectivity index (χ0v) is 14.4. The summed E-state index contributed by atoms with van der Waals surface area (Å²) < 4.78 is 19.7. The van der Waals surface area contributed by atoms with Gasteiger partial charge in [0.05, 0.1) is 6.20 Å². The first-order valence-corrected chi connectivity index (χ1v) is 9.15. The van der Waals surface area contributed by atoms with Crippen molar-refractivity contribution in [3.63, 3.8) is 0 Å². The number of nitriles is 1. The van der Waals surface area contributed by atoms with Gasteiger partial charge in [-0.2, -0.15) is 5.26 Å². The van der Waals surface area contributed by atoms with Crippen LogP contribution < -0.4 is 9.64 Å². The van der Waals surface area contributed by atoms with E-state index in [4.69, 9.17) is 9.72 Å². The van der Waals surface area contributed by atoms with Crippen LogP contribution in [0.25, 0.3) is 0 Å². The van der Waals surface area contributed by atoms with E-state index in [1.807, 2.05) is 0 Å². The van der Waals surface area contributed by atoms with Gasteiger partial charge >= 0.3 is 0 Å². The zero-order valence-electron chi connectivity index (χ0n) is 14.4. The van der Waals surface area contributed by atoms with Crippen molar-refractivity contribution in [3.05, 3.63) is 47.2 Å². The number of aromatic nitrogens is 2. The second-order valence-electron chi connectivity index (χ2n) is 7.55. The summed E-state index contributed by atoms with van der Waals surface area (Å²) in [5.41, 5.74) is 1.23. The topological polar surface area (TPSA) is 62.0 Å². The van der Waals surface area contributed by atoms with Crippen molar-refractivity contribution in [1.82, 2.24) is 9.97 Å². The molecule has 132 valence electrons. The molecular formula is C20H19FN4O. The van der Waals surface area contributed by atoms with Crippen LogP contribution in [-0.2, 0) is 6.42 Å². The van der Waals surface area contributed by atoms with Gasteiger partial charge in [-0.15, -0.1) is 0 Å². The van der Waals surface area contributed by atoms with Gasteiger partial charge in [0.25, 0.3) is 0 Å². The fourth-order valence-electron chi connectivity index (χ4n) is 4.05. The molecule has 6 heteroatoms. The van der Waals surface area contributed by atoms with Crippen LogP contribution in [0.1, 0.15) is 48.6 Å². The van der Waals surface area contributed by atoms with E-state index >= 15 is 0 Å². The summed E-state index contributed by atoms with van der Waals surface area (Å²) in [4.78, 5) is 11.2. The second-order valence-corrected chi connectivity index (χ2v) is 7.55. The Morgan fingerprint density at radius 2 is 2.08 bits per heavy atom. The lowest BCUT2D eigenvalue weighted by Crippen LogP contribution is -2.47. The van der Waals surface area contributed by atoms with E-state index in [0.717, 1.165) is 68.1 Å². The van der Waals surface area contributed by atoms with E-state index in [1.54, 1.807) is 18.3 Å². The van der Waals surface area contributed by atoms with Gasteiger partial charge in [0.15, 0.2) is 0 Å². The molecule has 1 spiro atoms. The lowest BCUT2D eigenvalue weighted by atomic mass is 9.87. The first-order chi connectivity index (χ1) is 12.7. The predicted octanol–water partition coefficient (Wildman–Crippen LogP) is 3.34. The highest BCUT2D eigenvalue weighted by Gasteiger charge is 2.42. The average molecular weight is 350 g/mol. The molecule has 2 aromatic rings. The third kappa shape index (κ3) is 2.59. The molecular weight excluding hydrogens is 331 g/mol. The maximum atomic E-state index is 13.5. The highest BCUT2D eigenvalue weighted by Crippen LogP contribution is 2.42. The normalized spacial score (nSPS) is 20.5. The van der Waals surface area contributed by atoms with Gasteiger partial charge in [-0.3, -0.25) is 0 Å². The molecule has 0 radical (unpaired) electrons. The maximum absolute atomic E-state index is 13.5.